The number of fused-ring (bicyclic) bond motifs is 1. The first-order valence-corrected chi connectivity index (χ1v) is 8.24. The number of nitrogens with zero attached hydrogens (tertiary/aromatic N) is 1. The summed E-state index contributed by atoms with van der Waals surface area (Å²) >= 11 is 0. The first-order chi connectivity index (χ1) is 11.5. The average Bonchev–Trinajstić information content (AvgIpc) is 2.59. The number of nitrogens with one attached hydrogen (secondary N) is 3. The third kappa shape index (κ3) is 3.34. The van der Waals surface area contributed by atoms with Crippen molar-refractivity contribution in [3.63, 3.8) is 0 Å². The highest BCUT2D eigenvalue weighted by Gasteiger charge is 2.21. The summed E-state index contributed by atoms with van der Waals surface area (Å²) in [5, 5.41) is 2.51. The van der Waals surface area contributed by atoms with Crippen molar-refractivity contribution in [3.8, 4) is 5.75 Å². The molecular weight excluding hydrogens is 336 g/mol. The largest absolute Gasteiger partial charge is 0.482 e. The van der Waals surface area contributed by atoms with Crippen LogP contribution in [-0.2, 0) is 14.8 Å². The van der Waals surface area contributed by atoms with Gasteiger partial charge in [-0.1, -0.05) is 6.07 Å². The Hall–Kier alpha value is -2.98. The number of rotatable bonds is 4. The summed E-state index contributed by atoms with van der Waals surface area (Å²) in [5.74, 6) is -0.715. The number of anilines is 1. The molecule has 1 aromatic carbocycles. The predicted molar refractivity (Wildman–Crippen MR) is 82.6 cm³/mol. The van der Waals surface area contributed by atoms with E-state index in [9.17, 15) is 18.0 Å². The molecule has 0 saturated heterocycles. The lowest BCUT2D eigenvalue weighted by Crippen LogP contribution is -2.41. The number of amides is 2. The van der Waals surface area contributed by atoms with E-state index in [-0.39, 0.29) is 28.8 Å². The van der Waals surface area contributed by atoms with E-state index in [0.717, 1.165) is 0 Å². The fourth-order valence-electron chi connectivity index (χ4n) is 1.96. The van der Waals surface area contributed by atoms with Crippen LogP contribution < -0.4 is 20.3 Å². The highest BCUT2D eigenvalue weighted by atomic mass is 32.2. The molecule has 1 aliphatic rings. The molecule has 24 heavy (non-hydrogen) atoms. The molecule has 9 nitrogen and oxygen atoms in total. The molecule has 2 heterocycles. The van der Waals surface area contributed by atoms with E-state index in [1.54, 1.807) is 12.1 Å². The van der Waals surface area contributed by atoms with Crippen LogP contribution in [0.3, 0.4) is 0 Å². The number of pyridine rings is 1. The number of ether oxygens (including phenoxy) is 1. The van der Waals surface area contributed by atoms with Crippen molar-refractivity contribution >= 4 is 27.5 Å². The van der Waals surface area contributed by atoms with E-state index >= 15 is 0 Å². The van der Waals surface area contributed by atoms with Gasteiger partial charge >= 0.3 is 0 Å². The van der Waals surface area contributed by atoms with Gasteiger partial charge in [0, 0.05) is 6.20 Å². The van der Waals surface area contributed by atoms with Crippen LogP contribution in [0.25, 0.3) is 0 Å². The maximum Gasteiger partial charge on any atom is 0.284 e. The van der Waals surface area contributed by atoms with Crippen LogP contribution in [0.15, 0.2) is 47.5 Å². The standard InChI is InChI=1S/C14H12N4O5S/c19-13-8-23-12-5-4-9(7-11(12)16-13)24(21,22)18-17-14(20)10-3-1-2-6-15-10/h1-7,18H,8H2,(H,16,19)(H,17,20). The van der Waals surface area contributed by atoms with E-state index in [4.69, 9.17) is 4.74 Å². The number of hydrogen-bond donors (Lipinski definition) is 3. The third-order valence-electron chi connectivity index (χ3n) is 3.09. The molecule has 0 bridgehead atoms. The summed E-state index contributed by atoms with van der Waals surface area (Å²) in [5.41, 5.74) is 2.37. The molecule has 124 valence electrons. The van der Waals surface area contributed by atoms with E-state index in [1.165, 1.54) is 30.5 Å². The molecular formula is C14H12N4O5S. The summed E-state index contributed by atoms with van der Waals surface area (Å²) in [6.07, 6.45) is 1.41. The van der Waals surface area contributed by atoms with Gasteiger partial charge in [0.15, 0.2) is 6.61 Å². The smallest absolute Gasteiger partial charge is 0.284 e. The zero-order valence-corrected chi connectivity index (χ0v) is 13.0. The van der Waals surface area contributed by atoms with Gasteiger partial charge in [-0.3, -0.25) is 20.0 Å². The molecule has 0 spiro atoms. The summed E-state index contributed by atoms with van der Waals surface area (Å²) in [6.45, 7) is -0.128. The van der Waals surface area contributed by atoms with Crippen molar-refractivity contribution < 1.29 is 22.7 Å². The molecule has 0 fully saturated rings. The summed E-state index contributed by atoms with van der Waals surface area (Å²) in [7, 11) is -4.03. The highest BCUT2D eigenvalue weighted by molar-refractivity contribution is 7.89. The molecule has 2 amide bonds. The van der Waals surface area contributed by atoms with Gasteiger partial charge in [0.25, 0.3) is 21.8 Å². The van der Waals surface area contributed by atoms with E-state index in [1.807, 2.05) is 4.83 Å². The first kappa shape index (κ1) is 15.9. The van der Waals surface area contributed by atoms with Crippen molar-refractivity contribution in [3.05, 3.63) is 48.3 Å². The fourth-order valence-corrected chi connectivity index (χ4v) is 2.83. The molecule has 1 aliphatic heterocycles. The predicted octanol–water partition coefficient (Wildman–Crippen LogP) is 0.0358. The minimum atomic E-state index is -4.03. The Bertz CT molecular complexity index is 899. The zero-order chi connectivity index (χ0) is 17.2. The van der Waals surface area contributed by atoms with Crippen LogP contribution in [0.2, 0.25) is 0 Å². The normalized spacial score (nSPS) is 13.4. The number of hydrogen-bond acceptors (Lipinski definition) is 6. The summed E-state index contributed by atoms with van der Waals surface area (Å²) in [4.78, 5) is 28.7. The van der Waals surface area contributed by atoms with Gasteiger partial charge in [0.05, 0.1) is 10.6 Å². The minimum Gasteiger partial charge on any atom is -0.482 e. The molecule has 1 aromatic heterocycles. The van der Waals surface area contributed by atoms with Gasteiger partial charge < -0.3 is 10.1 Å². The van der Waals surface area contributed by atoms with Crippen LogP contribution in [0.4, 0.5) is 5.69 Å². The second kappa shape index (κ2) is 6.26. The Labute approximate surface area is 137 Å². The Balaban J connectivity index is 1.75. The molecule has 10 heteroatoms. The first-order valence-electron chi connectivity index (χ1n) is 6.75. The van der Waals surface area contributed by atoms with Crippen molar-refractivity contribution in [1.29, 1.82) is 0 Å². The maximum absolute atomic E-state index is 12.2. The van der Waals surface area contributed by atoms with Gasteiger partial charge in [-0.2, -0.15) is 0 Å². The number of benzene rings is 1. The molecule has 3 rings (SSSR count). The monoisotopic (exact) mass is 348 g/mol. The summed E-state index contributed by atoms with van der Waals surface area (Å²) < 4.78 is 29.6. The second-order valence-electron chi connectivity index (χ2n) is 4.77. The molecule has 0 radical (unpaired) electrons. The Morgan fingerprint density at radius 2 is 2.08 bits per heavy atom. The van der Waals surface area contributed by atoms with Crippen molar-refractivity contribution in [1.82, 2.24) is 15.2 Å². The van der Waals surface area contributed by atoms with Crippen LogP contribution in [-0.4, -0.2) is 31.8 Å². The molecule has 2 aromatic rings. The molecule has 0 atom stereocenters. The van der Waals surface area contributed by atoms with Gasteiger partial charge in [0.1, 0.15) is 11.4 Å². The van der Waals surface area contributed by atoms with E-state index in [2.05, 4.69) is 15.7 Å². The number of carbonyl (C=O) groups is 2. The summed E-state index contributed by atoms with van der Waals surface area (Å²) in [6, 6.07) is 8.62. The highest BCUT2D eigenvalue weighted by Crippen LogP contribution is 2.29. The Morgan fingerprint density at radius 3 is 2.83 bits per heavy atom. The molecule has 0 aliphatic carbocycles. The topological polar surface area (TPSA) is 126 Å². The molecule has 3 N–H and O–H groups in total. The SMILES string of the molecule is O=C1COc2ccc(S(=O)(=O)NNC(=O)c3ccccn3)cc2N1. The lowest BCUT2D eigenvalue weighted by Gasteiger charge is -2.18. The Kier molecular flexibility index (Phi) is 4.15. The van der Waals surface area contributed by atoms with E-state index in [0.29, 0.717) is 5.75 Å². The van der Waals surface area contributed by atoms with Crippen molar-refractivity contribution in [2.24, 2.45) is 0 Å². The third-order valence-corrected chi connectivity index (χ3v) is 4.34. The van der Waals surface area contributed by atoms with Crippen molar-refractivity contribution in [2.75, 3.05) is 11.9 Å². The van der Waals surface area contributed by atoms with Crippen LogP contribution >= 0.6 is 0 Å². The fraction of sp³-hybridized carbons (Fsp3) is 0.0714. The quantitative estimate of drug-likeness (QED) is 0.670. The Morgan fingerprint density at radius 1 is 1.25 bits per heavy atom. The second-order valence-corrected chi connectivity index (χ2v) is 6.45. The van der Waals surface area contributed by atoms with Crippen molar-refractivity contribution in [2.45, 2.75) is 4.90 Å². The number of sulfonamides is 1. The van der Waals surface area contributed by atoms with Gasteiger partial charge in [0.2, 0.25) is 0 Å². The number of carbonyl (C=O) groups excluding carboxylic acids is 2. The van der Waals surface area contributed by atoms with Gasteiger partial charge in [-0.05, 0) is 30.3 Å². The van der Waals surface area contributed by atoms with Gasteiger partial charge in [-0.15, -0.1) is 4.83 Å². The number of hydrazine groups is 1. The zero-order valence-electron chi connectivity index (χ0n) is 12.1. The lowest BCUT2D eigenvalue weighted by molar-refractivity contribution is -0.118. The molecule has 0 saturated carbocycles. The minimum absolute atomic E-state index is 0.0614. The number of aromatic nitrogens is 1. The van der Waals surface area contributed by atoms with Crippen LogP contribution in [0.5, 0.6) is 5.75 Å². The van der Waals surface area contributed by atoms with Crippen LogP contribution in [0, 0.1) is 0 Å². The average molecular weight is 348 g/mol. The van der Waals surface area contributed by atoms with E-state index < -0.39 is 15.9 Å². The van der Waals surface area contributed by atoms with Crippen LogP contribution in [0.1, 0.15) is 10.5 Å². The van der Waals surface area contributed by atoms with Gasteiger partial charge in [-0.25, -0.2) is 8.42 Å². The maximum atomic E-state index is 12.2. The molecule has 0 unspecified atom stereocenters. The lowest BCUT2D eigenvalue weighted by atomic mass is 10.2.